The van der Waals surface area contributed by atoms with Gasteiger partial charge in [-0.2, -0.15) is 0 Å². The van der Waals surface area contributed by atoms with Gasteiger partial charge in [0.05, 0.1) is 6.04 Å². The fourth-order valence-corrected chi connectivity index (χ4v) is 2.52. The van der Waals surface area contributed by atoms with Crippen molar-refractivity contribution in [2.75, 3.05) is 7.05 Å². The van der Waals surface area contributed by atoms with Gasteiger partial charge in [-0.3, -0.25) is 0 Å². The van der Waals surface area contributed by atoms with Crippen molar-refractivity contribution in [2.24, 2.45) is 0 Å². The minimum absolute atomic E-state index is 0.127. The first-order valence-corrected chi connectivity index (χ1v) is 6.42. The number of hydrogen-bond acceptors (Lipinski definition) is 3. The van der Waals surface area contributed by atoms with Crippen LogP contribution in [0.5, 0.6) is 5.75 Å². The zero-order valence-electron chi connectivity index (χ0n) is 11.3. The van der Waals surface area contributed by atoms with E-state index in [2.05, 4.69) is 44.3 Å². The minimum Gasteiger partial charge on any atom is -0.483 e. The molecule has 3 heteroatoms. The molecule has 0 saturated carbocycles. The largest absolute Gasteiger partial charge is 0.483 e. The Labute approximate surface area is 107 Å². The van der Waals surface area contributed by atoms with Gasteiger partial charge in [-0.25, -0.2) is 0 Å². The molecule has 0 saturated heterocycles. The van der Waals surface area contributed by atoms with Gasteiger partial charge in [0.2, 0.25) is 0 Å². The lowest BCUT2D eigenvalue weighted by molar-refractivity contribution is 0.138. The van der Waals surface area contributed by atoms with Crippen LogP contribution in [0.3, 0.4) is 0 Å². The van der Waals surface area contributed by atoms with Crippen LogP contribution < -0.4 is 10.1 Å². The lowest BCUT2D eigenvalue weighted by atomic mass is 10.0. The fraction of sp³-hybridized carbons (Fsp3) is 0.467. The Morgan fingerprint density at radius 2 is 2.11 bits per heavy atom. The van der Waals surface area contributed by atoms with Crippen LogP contribution in [0.2, 0.25) is 0 Å². The zero-order chi connectivity index (χ0) is 12.9. The summed E-state index contributed by atoms with van der Waals surface area (Å²) in [6.07, 6.45) is 0.940. The van der Waals surface area contributed by atoms with E-state index in [1.807, 2.05) is 7.05 Å². The third-order valence-electron chi connectivity index (χ3n) is 3.60. The van der Waals surface area contributed by atoms with Gasteiger partial charge >= 0.3 is 0 Å². The number of rotatable bonds is 2. The molecule has 0 radical (unpaired) electrons. The van der Waals surface area contributed by atoms with E-state index in [1.165, 1.54) is 5.56 Å². The first-order valence-electron chi connectivity index (χ1n) is 6.42. The Balaban J connectivity index is 2.14. The van der Waals surface area contributed by atoms with Gasteiger partial charge in [0.1, 0.15) is 11.4 Å². The average molecular weight is 245 g/mol. The van der Waals surface area contributed by atoms with Crippen LogP contribution in [0.1, 0.15) is 38.1 Å². The molecule has 1 aromatic heterocycles. The number of furan rings is 1. The highest BCUT2D eigenvalue weighted by molar-refractivity contribution is 5.86. The second-order valence-electron chi connectivity index (χ2n) is 5.67. The molecule has 2 aromatic rings. The van der Waals surface area contributed by atoms with E-state index in [4.69, 9.17) is 9.15 Å². The van der Waals surface area contributed by atoms with Gasteiger partial charge < -0.3 is 14.5 Å². The summed E-state index contributed by atoms with van der Waals surface area (Å²) in [4.78, 5) is 0. The van der Waals surface area contributed by atoms with Gasteiger partial charge in [0.15, 0.2) is 11.3 Å². The molecule has 0 bridgehead atoms. The van der Waals surface area contributed by atoms with Crippen molar-refractivity contribution in [1.82, 2.24) is 5.32 Å². The molecular formula is C15H19NO2. The highest BCUT2D eigenvalue weighted by Crippen LogP contribution is 2.42. The molecule has 3 nitrogen and oxygen atoms in total. The van der Waals surface area contributed by atoms with E-state index >= 15 is 0 Å². The molecule has 1 unspecified atom stereocenters. The van der Waals surface area contributed by atoms with E-state index in [-0.39, 0.29) is 11.6 Å². The maximum absolute atomic E-state index is 6.02. The van der Waals surface area contributed by atoms with Crippen LogP contribution in [-0.2, 0) is 6.42 Å². The van der Waals surface area contributed by atoms with E-state index in [1.54, 1.807) is 0 Å². The van der Waals surface area contributed by atoms with Crippen LogP contribution in [0.4, 0.5) is 0 Å². The van der Waals surface area contributed by atoms with Crippen molar-refractivity contribution < 1.29 is 9.15 Å². The van der Waals surface area contributed by atoms with Crippen LogP contribution >= 0.6 is 0 Å². The lowest BCUT2D eigenvalue weighted by Crippen LogP contribution is -2.24. The van der Waals surface area contributed by atoms with Crippen LogP contribution in [0.15, 0.2) is 22.6 Å². The summed E-state index contributed by atoms with van der Waals surface area (Å²) in [5, 5.41) is 4.31. The van der Waals surface area contributed by atoms with Crippen molar-refractivity contribution in [2.45, 2.75) is 38.8 Å². The second kappa shape index (κ2) is 3.75. The predicted molar refractivity (Wildman–Crippen MR) is 72.1 cm³/mol. The molecule has 1 aliphatic rings. The number of nitrogens with one attached hydrogen (secondary N) is 1. The van der Waals surface area contributed by atoms with E-state index in [0.717, 1.165) is 28.9 Å². The maximum Gasteiger partial charge on any atom is 0.176 e. The maximum atomic E-state index is 6.02. The minimum atomic E-state index is -0.127. The summed E-state index contributed by atoms with van der Waals surface area (Å²) in [5.41, 5.74) is 2.00. The summed E-state index contributed by atoms with van der Waals surface area (Å²) in [6.45, 7) is 6.31. The molecule has 1 N–H and O–H groups in total. The Morgan fingerprint density at radius 1 is 1.33 bits per heavy atom. The molecule has 1 aliphatic heterocycles. The molecular weight excluding hydrogens is 226 g/mol. The quantitative estimate of drug-likeness (QED) is 0.880. The highest BCUT2D eigenvalue weighted by atomic mass is 16.5. The molecule has 3 rings (SSSR count). The van der Waals surface area contributed by atoms with Gasteiger partial charge in [0, 0.05) is 17.4 Å². The predicted octanol–water partition coefficient (Wildman–Crippen LogP) is 3.43. The molecule has 96 valence electrons. The van der Waals surface area contributed by atoms with Gasteiger partial charge in [-0.15, -0.1) is 0 Å². The summed E-state index contributed by atoms with van der Waals surface area (Å²) >= 11 is 0. The van der Waals surface area contributed by atoms with Gasteiger partial charge in [-0.05, 0) is 33.9 Å². The second-order valence-corrected chi connectivity index (χ2v) is 5.67. The molecule has 18 heavy (non-hydrogen) atoms. The molecule has 0 spiro atoms. The third-order valence-corrected chi connectivity index (χ3v) is 3.60. The summed E-state index contributed by atoms with van der Waals surface area (Å²) in [5.74, 6) is 1.88. The van der Waals surface area contributed by atoms with E-state index < -0.39 is 0 Å². The van der Waals surface area contributed by atoms with Crippen molar-refractivity contribution in [3.8, 4) is 5.75 Å². The number of ether oxygens (including phenoxy) is 1. The molecule has 1 aromatic carbocycles. The number of fused-ring (bicyclic) bond motifs is 3. The summed E-state index contributed by atoms with van der Waals surface area (Å²) in [7, 11) is 1.93. The monoisotopic (exact) mass is 245 g/mol. The van der Waals surface area contributed by atoms with Crippen LogP contribution in [0.25, 0.3) is 11.0 Å². The Kier molecular flexibility index (Phi) is 2.42. The van der Waals surface area contributed by atoms with Crippen molar-refractivity contribution in [3.05, 3.63) is 29.5 Å². The Hall–Kier alpha value is -1.48. The van der Waals surface area contributed by atoms with Crippen molar-refractivity contribution in [1.29, 1.82) is 0 Å². The molecule has 1 atom stereocenters. The topological polar surface area (TPSA) is 34.4 Å². The highest BCUT2D eigenvalue weighted by Gasteiger charge is 2.32. The standard InChI is InChI=1S/C15H19NO2/c1-9(16-4)12-7-10-5-6-11-8-15(2,3)18-14(11)13(10)17-12/h5-7,9,16H,8H2,1-4H3. The molecule has 0 aliphatic carbocycles. The SMILES string of the molecule is CNC(C)c1cc2ccc3c(c2o1)OC(C)(C)C3. The van der Waals surface area contributed by atoms with E-state index in [9.17, 15) is 0 Å². The van der Waals surface area contributed by atoms with Crippen LogP contribution in [0, 0.1) is 0 Å². The molecule has 2 heterocycles. The summed E-state index contributed by atoms with van der Waals surface area (Å²) in [6, 6.07) is 6.57. The number of hydrogen-bond donors (Lipinski definition) is 1. The fourth-order valence-electron chi connectivity index (χ4n) is 2.52. The average Bonchev–Trinajstić information content (AvgIpc) is 2.86. The smallest absolute Gasteiger partial charge is 0.176 e. The van der Waals surface area contributed by atoms with E-state index in [0.29, 0.717) is 0 Å². The van der Waals surface area contributed by atoms with Gasteiger partial charge in [-0.1, -0.05) is 12.1 Å². The number of benzene rings is 1. The lowest BCUT2D eigenvalue weighted by Gasteiger charge is -2.16. The van der Waals surface area contributed by atoms with Gasteiger partial charge in [0.25, 0.3) is 0 Å². The Morgan fingerprint density at radius 3 is 2.83 bits per heavy atom. The Bertz CT molecular complexity index is 598. The zero-order valence-corrected chi connectivity index (χ0v) is 11.3. The van der Waals surface area contributed by atoms with Crippen molar-refractivity contribution >= 4 is 11.0 Å². The first-order chi connectivity index (χ1) is 8.50. The summed E-state index contributed by atoms with van der Waals surface area (Å²) < 4.78 is 12.0. The first kappa shape index (κ1) is 11.6. The molecule has 0 amide bonds. The third kappa shape index (κ3) is 1.70. The molecule has 0 fully saturated rings. The van der Waals surface area contributed by atoms with Crippen LogP contribution in [-0.4, -0.2) is 12.6 Å². The normalized spacial score (nSPS) is 18.7. The van der Waals surface area contributed by atoms with Crippen molar-refractivity contribution in [3.63, 3.8) is 0 Å².